The first-order valence-electron chi connectivity index (χ1n) is 5.89. The zero-order valence-corrected chi connectivity index (χ0v) is 11.8. The van der Waals surface area contributed by atoms with Crippen LogP contribution in [-0.4, -0.2) is 80.1 Å². The fourth-order valence-electron chi connectivity index (χ4n) is 1.86. The predicted octanol–water partition coefficient (Wildman–Crippen LogP) is -1.85. The van der Waals surface area contributed by atoms with Crippen molar-refractivity contribution < 1.29 is 23.1 Å². The van der Waals surface area contributed by atoms with Crippen molar-refractivity contribution in [3.8, 4) is 0 Å². The lowest BCUT2D eigenvalue weighted by molar-refractivity contribution is -0.136. The number of nitrogens with zero attached hydrogens (tertiary/aromatic N) is 2. The number of sulfonamides is 1. The van der Waals surface area contributed by atoms with Gasteiger partial charge in [-0.2, -0.15) is 4.31 Å². The van der Waals surface area contributed by atoms with Crippen LogP contribution in [0, 0.1) is 0 Å². The molecule has 0 aromatic heterocycles. The predicted molar refractivity (Wildman–Crippen MR) is 68.1 cm³/mol. The molecule has 9 heteroatoms. The topological polar surface area (TPSA) is 107 Å². The first-order chi connectivity index (χ1) is 8.75. The Morgan fingerprint density at radius 3 is 2.58 bits per heavy atom. The van der Waals surface area contributed by atoms with Crippen molar-refractivity contribution in [3.63, 3.8) is 0 Å². The van der Waals surface area contributed by atoms with Crippen LogP contribution >= 0.6 is 0 Å². The molecule has 0 saturated carbocycles. The molecule has 110 valence electrons. The number of carbonyl (C=O) groups excluding carboxylic acids is 1. The average molecular weight is 293 g/mol. The molecule has 0 aromatic rings. The van der Waals surface area contributed by atoms with Gasteiger partial charge in [0, 0.05) is 33.7 Å². The highest BCUT2D eigenvalue weighted by Gasteiger charge is 2.37. The summed E-state index contributed by atoms with van der Waals surface area (Å²) in [7, 11) is -0.632. The molecule has 1 heterocycles. The van der Waals surface area contributed by atoms with Gasteiger partial charge in [0.2, 0.25) is 15.9 Å². The summed E-state index contributed by atoms with van der Waals surface area (Å²) in [5, 5.41) is 11.5. The lowest BCUT2D eigenvalue weighted by Crippen LogP contribution is -2.59. The Labute approximate surface area is 112 Å². The first-order valence-corrected chi connectivity index (χ1v) is 7.50. The number of carbonyl (C=O) groups is 2. The van der Waals surface area contributed by atoms with Crippen molar-refractivity contribution >= 4 is 21.9 Å². The smallest absolute Gasteiger partial charge is 0.304 e. The molecule has 1 rings (SSSR count). The van der Waals surface area contributed by atoms with Crippen LogP contribution in [0.25, 0.3) is 0 Å². The third-order valence-corrected chi connectivity index (χ3v) is 4.72. The first kappa shape index (κ1) is 15.9. The molecule has 1 aliphatic rings. The van der Waals surface area contributed by atoms with Gasteiger partial charge in [-0.1, -0.05) is 0 Å². The summed E-state index contributed by atoms with van der Waals surface area (Å²) < 4.78 is 25.3. The zero-order chi connectivity index (χ0) is 14.6. The Morgan fingerprint density at radius 1 is 1.42 bits per heavy atom. The van der Waals surface area contributed by atoms with Gasteiger partial charge in [-0.3, -0.25) is 9.59 Å². The largest absolute Gasteiger partial charge is 0.481 e. The van der Waals surface area contributed by atoms with E-state index in [0.29, 0.717) is 6.54 Å². The lowest BCUT2D eigenvalue weighted by atomic mass is 10.2. The van der Waals surface area contributed by atoms with Crippen LogP contribution in [0.4, 0.5) is 0 Å². The Hall–Kier alpha value is -1.19. The van der Waals surface area contributed by atoms with E-state index in [9.17, 15) is 18.0 Å². The summed E-state index contributed by atoms with van der Waals surface area (Å²) in [5.74, 6) is -1.97. The molecule has 1 saturated heterocycles. The number of carboxylic acids is 1. The van der Waals surface area contributed by atoms with Gasteiger partial charge in [-0.05, 0) is 0 Å². The van der Waals surface area contributed by atoms with E-state index in [0.717, 1.165) is 4.31 Å². The Bertz CT molecular complexity index is 448. The van der Waals surface area contributed by atoms with Crippen LogP contribution in [-0.2, 0) is 19.6 Å². The summed E-state index contributed by atoms with van der Waals surface area (Å²) in [5.41, 5.74) is 0. The van der Waals surface area contributed by atoms with E-state index in [1.807, 2.05) is 0 Å². The fourth-order valence-corrected chi connectivity index (χ4v) is 3.45. The third-order valence-electron chi connectivity index (χ3n) is 2.85. The highest BCUT2D eigenvalue weighted by molar-refractivity contribution is 7.89. The van der Waals surface area contributed by atoms with Gasteiger partial charge in [0.15, 0.2) is 0 Å². The number of hydrogen-bond donors (Lipinski definition) is 2. The summed E-state index contributed by atoms with van der Waals surface area (Å²) in [6.07, 6.45) is -0.463. The maximum atomic E-state index is 12.1. The number of nitrogens with one attached hydrogen (secondary N) is 1. The molecule has 0 spiro atoms. The summed E-state index contributed by atoms with van der Waals surface area (Å²) >= 11 is 0. The number of piperazine rings is 1. The summed E-state index contributed by atoms with van der Waals surface area (Å²) in [6.45, 7) is 0.860. The SMILES string of the molecule is CN(C)C(=O)C1CNCCN1S(=O)(=O)CCC(=O)O. The minimum Gasteiger partial charge on any atom is -0.481 e. The Balaban J connectivity index is 2.87. The fraction of sp³-hybridized carbons (Fsp3) is 0.800. The highest BCUT2D eigenvalue weighted by atomic mass is 32.2. The molecule has 0 bridgehead atoms. The summed E-state index contributed by atoms with van der Waals surface area (Å²) in [6, 6.07) is -0.803. The second-order valence-corrected chi connectivity index (χ2v) is 6.56. The van der Waals surface area contributed by atoms with E-state index in [-0.39, 0.29) is 19.0 Å². The number of rotatable bonds is 5. The van der Waals surface area contributed by atoms with Gasteiger partial charge in [0.05, 0.1) is 12.2 Å². The van der Waals surface area contributed by atoms with Crippen LogP contribution < -0.4 is 5.32 Å². The number of likely N-dealkylation sites (N-methyl/N-ethyl adjacent to an activating group) is 1. The van der Waals surface area contributed by atoms with E-state index in [1.165, 1.54) is 4.90 Å². The van der Waals surface area contributed by atoms with Gasteiger partial charge >= 0.3 is 5.97 Å². The molecule has 0 aliphatic carbocycles. The second kappa shape index (κ2) is 6.31. The van der Waals surface area contributed by atoms with E-state index >= 15 is 0 Å². The van der Waals surface area contributed by atoms with Crippen molar-refractivity contribution in [3.05, 3.63) is 0 Å². The minimum absolute atomic E-state index is 0.173. The molecule has 0 aromatic carbocycles. The molecule has 19 heavy (non-hydrogen) atoms. The van der Waals surface area contributed by atoms with Crippen molar-refractivity contribution in [2.45, 2.75) is 12.5 Å². The lowest BCUT2D eigenvalue weighted by Gasteiger charge is -2.35. The number of carboxylic acid groups (broad SMARTS) is 1. The van der Waals surface area contributed by atoms with Crippen molar-refractivity contribution in [2.24, 2.45) is 0 Å². The number of aliphatic carboxylic acids is 1. The van der Waals surface area contributed by atoms with Crippen LogP contribution in [0.15, 0.2) is 0 Å². The van der Waals surface area contributed by atoms with Crippen LogP contribution in [0.3, 0.4) is 0 Å². The maximum Gasteiger partial charge on any atom is 0.304 e. The summed E-state index contributed by atoms with van der Waals surface area (Å²) in [4.78, 5) is 23.8. The Morgan fingerprint density at radius 2 is 2.05 bits per heavy atom. The van der Waals surface area contributed by atoms with Crippen molar-refractivity contribution in [2.75, 3.05) is 39.5 Å². The third kappa shape index (κ3) is 4.15. The van der Waals surface area contributed by atoms with Gasteiger partial charge in [0.1, 0.15) is 6.04 Å². The van der Waals surface area contributed by atoms with E-state index in [2.05, 4.69) is 5.32 Å². The molecule has 1 aliphatic heterocycles. The molecule has 1 fully saturated rings. The van der Waals surface area contributed by atoms with Crippen LogP contribution in [0.2, 0.25) is 0 Å². The molecule has 8 nitrogen and oxygen atoms in total. The molecule has 1 amide bonds. The Kier molecular flexibility index (Phi) is 5.27. The van der Waals surface area contributed by atoms with Crippen molar-refractivity contribution in [1.82, 2.24) is 14.5 Å². The molecular formula is C10H19N3O5S. The number of hydrogen-bond acceptors (Lipinski definition) is 5. The monoisotopic (exact) mass is 293 g/mol. The van der Waals surface area contributed by atoms with Gasteiger partial charge in [0.25, 0.3) is 0 Å². The average Bonchev–Trinajstić information content (AvgIpc) is 2.35. The van der Waals surface area contributed by atoms with Gasteiger partial charge in [-0.25, -0.2) is 8.42 Å². The van der Waals surface area contributed by atoms with Crippen molar-refractivity contribution in [1.29, 1.82) is 0 Å². The second-order valence-electron chi connectivity index (χ2n) is 4.52. The standard InChI is InChI=1S/C10H19N3O5S/c1-12(2)10(16)8-7-11-4-5-13(8)19(17,18)6-3-9(14)15/h8,11H,3-7H2,1-2H3,(H,14,15). The van der Waals surface area contributed by atoms with Gasteiger partial charge in [-0.15, -0.1) is 0 Å². The maximum absolute atomic E-state index is 12.1. The quantitative estimate of drug-likeness (QED) is 0.616. The van der Waals surface area contributed by atoms with Gasteiger partial charge < -0.3 is 15.3 Å². The van der Waals surface area contributed by atoms with E-state index < -0.39 is 34.2 Å². The molecular weight excluding hydrogens is 274 g/mol. The van der Waals surface area contributed by atoms with E-state index in [4.69, 9.17) is 5.11 Å². The molecule has 2 N–H and O–H groups in total. The highest BCUT2D eigenvalue weighted by Crippen LogP contribution is 2.13. The normalized spacial score (nSPS) is 21.1. The number of amides is 1. The molecule has 0 radical (unpaired) electrons. The molecule has 1 atom stereocenters. The van der Waals surface area contributed by atoms with E-state index in [1.54, 1.807) is 14.1 Å². The zero-order valence-electron chi connectivity index (χ0n) is 11.0. The van der Waals surface area contributed by atoms with Crippen LogP contribution in [0.5, 0.6) is 0 Å². The van der Waals surface area contributed by atoms with Crippen LogP contribution in [0.1, 0.15) is 6.42 Å². The molecule has 1 unspecified atom stereocenters. The minimum atomic E-state index is -3.74.